The van der Waals surface area contributed by atoms with Crippen molar-refractivity contribution in [1.82, 2.24) is 51.8 Å². The lowest BCUT2D eigenvalue weighted by atomic mass is 9.87. The monoisotopic (exact) mass is 1840 g/mol. The molecule has 5 saturated carbocycles. The molecule has 5 fully saturated rings. The summed E-state index contributed by atoms with van der Waals surface area (Å²) < 4.78 is 36.0. The van der Waals surface area contributed by atoms with E-state index in [0.717, 1.165) is 132 Å². The van der Waals surface area contributed by atoms with E-state index in [0.29, 0.717) is 93.7 Å². The van der Waals surface area contributed by atoms with Crippen molar-refractivity contribution in [3.05, 3.63) is 155 Å². The summed E-state index contributed by atoms with van der Waals surface area (Å²) in [6, 6.07) is 36.9. The Labute approximate surface area is 817 Å². The molecular weight excluding hydrogens is 1640 g/mol. The number of hydrogen-bond donors (Lipinski definition) is 6. The Morgan fingerprint density at radius 1 is 0.286 bits per heavy atom. The van der Waals surface area contributed by atoms with Crippen molar-refractivity contribution in [1.29, 1.82) is 0 Å². The molecule has 16 heteroatoms. The van der Waals surface area contributed by atoms with Gasteiger partial charge in [-0.3, -0.25) is 0 Å². The Bertz CT molecular complexity index is 3830. The zero-order chi connectivity index (χ0) is 101. The zero-order valence-electron chi connectivity index (χ0n) is 93.0. The molecule has 6 aromatic rings. The summed E-state index contributed by atoms with van der Waals surface area (Å²) in [5, 5.41) is 21.6. The van der Waals surface area contributed by atoms with E-state index < -0.39 is 0 Å². The first-order valence-corrected chi connectivity index (χ1v) is 51.7. The summed E-state index contributed by atoms with van der Waals surface area (Å²) in [5.41, 5.74) is 11.0. The third kappa shape index (κ3) is 56.3. The number of nitrogens with one attached hydrogen (secondary N) is 6. The fourth-order valence-corrected chi connectivity index (χ4v) is 15.6. The van der Waals surface area contributed by atoms with Gasteiger partial charge in [0.1, 0.15) is 48.1 Å². The van der Waals surface area contributed by atoms with Crippen LogP contribution in [-0.2, 0) is 37.5 Å². The van der Waals surface area contributed by atoms with Crippen molar-refractivity contribution in [2.75, 3.05) is 6.54 Å². The van der Waals surface area contributed by atoms with Crippen molar-refractivity contribution in [3.63, 3.8) is 0 Å². The van der Waals surface area contributed by atoms with Crippen LogP contribution in [0.25, 0.3) is 0 Å². The highest BCUT2D eigenvalue weighted by Crippen LogP contribution is 2.36. The maximum Gasteiger partial charge on any atom is 0.213 e. The minimum absolute atomic E-state index is 0.0990. The van der Waals surface area contributed by atoms with Crippen LogP contribution in [-0.4, -0.2) is 127 Å². The van der Waals surface area contributed by atoms with E-state index in [9.17, 15) is 0 Å². The fourth-order valence-electron chi connectivity index (χ4n) is 15.6. The largest absolute Gasteiger partial charge is 0.490 e. The Balaban J connectivity index is 0.000000331. The summed E-state index contributed by atoms with van der Waals surface area (Å²) in [4.78, 5) is 17.6. The van der Waals surface area contributed by atoms with Gasteiger partial charge in [-0.05, 0) is 362 Å². The minimum atomic E-state index is 0.0990. The lowest BCUT2D eigenvalue weighted by molar-refractivity contribution is 0.0690. The molecule has 0 radical (unpaired) electrons. The van der Waals surface area contributed by atoms with E-state index in [1.54, 1.807) is 0 Å². The number of ether oxygens (including phenoxy) is 6. The van der Waals surface area contributed by atoms with Gasteiger partial charge in [-0.1, -0.05) is 189 Å². The third-order valence-electron chi connectivity index (χ3n) is 23.0. The van der Waals surface area contributed by atoms with Crippen molar-refractivity contribution >= 4 is 0 Å². The Kier molecular flexibility index (Phi) is 47.5. The molecule has 4 aromatic heterocycles. The average molecular weight is 1840 g/mol. The highest BCUT2D eigenvalue weighted by atomic mass is 16.5. The molecule has 5 aliphatic carbocycles. The molecule has 1 atom stereocenters. The van der Waals surface area contributed by atoms with Gasteiger partial charge >= 0.3 is 0 Å². The zero-order valence-corrected chi connectivity index (χ0v) is 93.0. The van der Waals surface area contributed by atoms with Gasteiger partial charge < -0.3 is 60.3 Å². The first kappa shape index (κ1) is 119. The second-order valence-electron chi connectivity index (χ2n) is 51.8. The molecule has 0 bridgehead atoms. The number of rotatable bonds is 29. The van der Waals surface area contributed by atoms with Crippen LogP contribution in [0.3, 0.4) is 0 Å². The summed E-state index contributed by atoms with van der Waals surface area (Å²) >= 11 is 0. The van der Waals surface area contributed by atoms with Gasteiger partial charge in [0, 0.05) is 119 Å². The van der Waals surface area contributed by atoms with E-state index in [4.69, 9.17) is 28.4 Å². The van der Waals surface area contributed by atoms with Gasteiger partial charge in [0.05, 0.1) is 0 Å². The molecule has 2 aromatic carbocycles. The molecule has 4 heterocycles. The molecule has 0 unspecified atom stereocenters. The molecule has 0 spiro atoms. The van der Waals surface area contributed by atoms with E-state index in [2.05, 4.69) is 381 Å². The van der Waals surface area contributed by atoms with Gasteiger partial charge in [-0.2, -0.15) is 0 Å². The predicted octanol–water partition coefficient (Wildman–Crippen LogP) is 28.6. The summed E-state index contributed by atoms with van der Waals surface area (Å²) in [6.07, 6.45) is 31.7. The maximum atomic E-state index is 6.13. The highest BCUT2D eigenvalue weighted by Gasteiger charge is 2.38. The van der Waals surface area contributed by atoms with Crippen LogP contribution in [0.4, 0.5) is 0 Å². The van der Waals surface area contributed by atoms with E-state index in [1.807, 2.05) is 76.7 Å². The first-order chi connectivity index (χ1) is 61.1. The number of benzene rings is 2. The van der Waals surface area contributed by atoms with Gasteiger partial charge in [-0.15, -0.1) is 0 Å². The standard InChI is InChI=1S/2C20H33NO.3C19H32N2O.C16H28N2O.2C2H6/c2*1-19(2,3)11-10-15-8-7-9-17(12-15)22-18-13-16(14-18)21-20(4,5)6;1-18(2,3)9-7-14-8-10-20-17(11-14)22-16-12-15(13-16)21-19(4,5)6;2*1-18(2,3)10-9-14-7-8-17(20-13-14)22-16-11-15(12-16)21-19(4,5)6;1-12(11-18-16(5,6)7)19-14-10-13(8-9-17-14)15(2,3)4;2*1-2/h2*7-9,12,16,18,21H,10-11,13-14H2,1-6H3;8,10-11,15-16,21H,7,9,12-13H2,1-6H3;2*7-8,13,15-16,21H,9-12H2,1-6H3;8-10,12,18H,11H2,1-7H3;2*1-2H3/t;;;;;12-;;/m.....1../s1. The number of aryl methyl sites for hydroxylation is 5. The quantitative estimate of drug-likeness (QED) is 0.0261. The number of nitrogens with zero attached hydrogens (tertiary/aromatic N) is 4. The van der Waals surface area contributed by atoms with E-state index >= 15 is 0 Å². The number of pyridine rings is 4. The molecular formula is C117H202N10O6. The smallest absolute Gasteiger partial charge is 0.213 e. The van der Waals surface area contributed by atoms with Crippen molar-refractivity contribution in [2.45, 2.75) is 518 Å². The van der Waals surface area contributed by atoms with Crippen molar-refractivity contribution < 1.29 is 28.4 Å². The van der Waals surface area contributed by atoms with E-state index in [-0.39, 0.29) is 44.8 Å². The lowest BCUT2D eigenvalue weighted by Gasteiger charge is -2.40. The lowest BCUT2D eigenvalue weighted by Crippen LogP contribution is -2.53. The van der Waals surface area contributed by atoms with Gasteiger partial charge in [-0.25, -0.2) is 19.9 Å². The second kappa shape index (κ2) is 53.1. The summed E-state index contributed by atoms with van der Waals surface area (Å²) in [7, 11) is 0. The average Bonchev–Trinajstić information content (AvgIpc) is 0.838. The second-order valence-corrected chi connectivity index (χ2v) is 51.8. The van der Waals surface area contributed by atoms with Gasteiger partial charge in [0.15, 0.2) is 0 Å². The van der Waals surface area contributed by atoms with Gasteiger partial charge in [0.25, 0.3) is 0 Å². The highest BCUT2D eigenvalue weighted by molar-refractivity contribution is 5.32. The van der Waals surface area contributed by atoms with Crippen molar-refractivity contribution in [2.24, 2.45) is 27.1 Å². The Morgan fingerprint density at radius 2 is 0.564 bits per heavy atom. The van der Waals surface area contributed by atoms with Crippen LogP contribution in [0.2, 0.25) is 0 Å². The summed E-state index contributed by atoms with van der Waals surface area (Å²) in [6.45, 7) is 91.4. The molecule has 756 valence electrons. The molecule has 133 heavy (non-hydrogen) atoms. The van der Waals surface area contributed by atoms with E-state index in [1.165, 1.54) is 65.5 Å². The minimum Gasteiger partial charge on any atom is -0.490 e. The van der Waals surface area contributed by atoms with Crippen LogP contribution in [0, 0.1) is 27.1 Å². The normalized spacial score (nSPS) is 20.5. The van der Waals surface area contributed by atoms with Crippen LogP contribution in [0.1, 0.15) is 414 Å². The molecule has 6 N–H and O–H groups in total. The Hall–Kier alpha value is -6.40. The summed E-state index contributed by atoms with van der Waals surface area (Å²) in [5.74, 6) is 5.08. The molecule has 16 nitrogen and oxygen atoms in total. The molecule has 11 rings (SSSR count). The molecule has 0 aliphatic heterocycles. The van der Waals surface area contributed by atoms with Crippen LogP contribution in [0.5, 0.6) is 35.0 Å². The molecule has 0 amide bonds. The van der Waals surface area contributed by atoms with Crippen molar-refractivity contribution in [3.8, 4) is 35.0 Å². The van der Waals surface area contributed by atoms with Crippen LogP contribution in [0.15, 0.2) is 122 Å². The SMILES string of the molecule is CC.CC.CC(C)(C)CCc1ccc(OC2CC(NC(C)(C)C)C2)nc1.CC(C)(C)CCc1ccc(OC2CC(NC(C)(C)C)C2)nc1.CC(C)(C)CCc1cccc(OC2CC(NC(C)(C)C)C2)c1.CC(C)(C)CCc1cccc(OC2CC(NC(C)(C)C)C2)c1.CC(C)(C)CCc1ccnc(OC2CC(NC(C)(C)C)C2)c1.C[C@H](CNC(C)(C)C)Oc1cc(C(C)(C)C)ccn1. The fraction of sp³-hybridized carbons (Fsp3) is 0.726. The number of aromatic nitrogens is 4. The third-order valence-corrected chi connectivity index (χ3v) is 23.0. The Morgan fingerprint density at radius 3 is 0.842 bits per heavy atom. The predicted molar refractivity (Wildman–Crippen MR) is 570 cm³/mol. The molecule has 0 saturated heterocycles. The van der Waals surface area contributed by atoms with Gasteiger partial charge in [0.2, 0.25) is 23.5 Å². The van der Waals surface area contributed by atoms with Crippen LogP contribution >= 0.6 is 0 Å². The van der Waals surface area contributed by atoms with Crippen LogP contribution < -0.4 is 60.3 Å². The topological polar surface area (TPSA) is 179 Å². The maximum absolute atomic E-state index is 6.13. The number of hydrogen-bond acceptors (Lipinski definition) is 16. The first-order valence-electron chi connectivity index (χ1n) is 51.7. The molecule has 5 aliphatic rings.